The predicted octanol–water partition coefficient (Wildman–Crippen LogP) is 18.4. The van der Waals surface area contributed by atoms with Gasteiger partial charge in [-0.25, -0.2) is 0 Å². The molecule has 0 heterocycles. The lowest BCUT2D eigenvalue weighted by Gasteiger charge is -2.18. The molecule has 0 N–H and O–H groups in total. The molecule has 0 fully saturated rings. The van der Waals surface area contributed by atoms with Crippen LogP contribution in [0.1, 0.15) is 278 Å². The number of carbonyl (C=O) groups is 3. The van der Waals surface area contributed by atoms with Crippen molar-refractivity contribution in [2.24, 2.45) is 0 Å². The molecule has 0 rings (SSSR count). The second-order valence-corrected chi connectivity index (χ2v) is 18.5. The Bertz CT molecular complexity index is 1180. The highest BCUT2D eigenvalue weighted by Gasteiger charge is 2.19. The van der Waals surface area contributed by atoms with Gasteiger partial charge < -0.3 is 14.2 Å². The standard InChI is InChI=1S/C59H104O6/c1-4-7-10-13-16-19-22-24-25-26-27-28-29-30-31-32-33-35-37-40-43-46-49-52-58(61)64-55-56(54-63-57(60)51-48-45-42-39-36-21-18-15-12-9-6-3)65-59(62)53-50-47-44-41-38-34-23-20-17-14-11-8-5-2/h8,11,17,20,26-27,34,38,44,47,56H,4-7,9-10,12-16,18-19,21-25,28-33,35-37,39-43,45-46,48-55H2,1-3H3/b11-8-,20-17-,27-26-,38-34-,47-44-. The number of carbonyl (C=O) groups excluding carboxylic acids is 3. The summed E-state index contributed by atoms with van der Waals surface area (Å²) >= 11 is 0. The fraction of sp³-hybridized carbons (Fsp3) is 0.780. The fourth-order valence-electron chi connectivity index (χ4n) is 7.86. The zero-order chi connectivity index (χ0) is 47.2. The van der Waals surface area contributed by atoms with Crippen LogP contribution >= 0.6 is 0 Å². The van der Waals surface area contributed by atoms with Gasteiger partial charge in [-0.2, -0.15) is 0 Å². The lowest BCUT2D eigenvalue weighted by Crippen LogP contribution is -2.30. The van der Waals surface area contributed by atoms with Crippen molar-refractivity contribution in [2.75, 3.05) is 13.2 Å². The zero-order valence-electron chi connectivity index (χ0n) is 43.0. The third-order valence-electron chi connectivity index (χ3n) is 12.0. The van der Waals surface area contributed by atoms with Crippen LogP contribution in [-0.4, -0.2) is 37.2 Å². The molecule has 6 nitrogen and oxygen atoms in total. The minimum Gasteiger partial charge on any atom is -0.462 e. The first-order valence-electron chi connectivity index (χ1n) is 27.8. The zero-order valence-corrected chi connectivity index (χ0v) is 43.0. The minimum absolute atomic E-state index is 0.101. The van der Waals surface area contributed by atoms with E-state index in [-0.39, 0.29) is 37.5 Å². The summed E-state index contributed by atoms with van der Waals surface area (Å²) in [6.07, 6.45) is 66.7. The van der Waals surface area contributed by atoms with E-state index < -0.39 is 6.10 Å². The Balaban J connectivity index is 4.29. The summed E-state index contributed by atoms with van der Waals surface area (Å²) in [7, 11) is 0. The van der Waals surface area contributed by atoms with E-state index in [0.29, 0.717) is 19.3 Å². The second-order valence-electron chi connectivity index (χ2n) is 18.5. The van der Waals surface area contributed by atoms with E-state index in [9.17, 15) is 14.4 Å². The Morgan fingerprint density at radius 1 is 0.323 bits per heavy atom. The molecule has 0 aliphatic carbocycles. The van der Waals surface area contributed by atoms with Crippen LogP contribution in [0.5, 0.6) is 0 Å². The van der Waals surface area contributed by atoms with Crippen molar-refractivity contribution >= 4 is 17.9 Å². The highest BCUT2D eigenvalue weighted by Crippen LogP contribution is 2.16. The lowest BCUT2D eigenvalue weighted by molar-refractivity contribution is -0.166. The number of ether oxygens (including phenoxy) is 3. The number of hydrogen-bond acceptors (Lipinski definition) is 6. The van der Waals surface area contributed by atoms with E-state index in [1.807, 2.05) is 12.2 Å². The highest BCUT2D eigenvalue weighted by atomic mass is 16.6. The van der Waals surface area contributed by atoms with Gasteiger partial charge >= 0.3 is 17.9 Å². The molecule has 1 atom stereocenters. The monoisotopic (exact) mass is 909 g/mol. The Morgan fingerprint density at radius 3 is 1.00 bits per heavy atom. The van der Waals surface area contributed by atoms with Gasteiger partial charge in [0.2, 0.25) is 0 Å². The van der Waals surface area contributed by atoms with Crippen molar-refractivity contribution < 1.29 is 28.6 Å². The third-order valence-corrected chi connectivity index (χ3v) is 12.0. The molecule has 0 aliphatic heterocycles. The van der Waals surface area contributed by atoms with Gasteiger partial charge in [0.15, 0.2) is 6.10 Å². The highest BCUT2D eigenvalue weighted by molar-refractivity contribution is 5.71. The van der Waals surface area contributed by atoms with Gasteiger partial charge in [-0.05, 0) is 70.6 Å². The molecule has 1 unspecified atom stereocenters. The van der Waals surface area contributed by atoms with Crippen LogP contribution in [0, 0.1) is 0 Å². The van der Waals surface area contributed by atoms with Crippen molar-refractivity contribution in [3.8, 4) is 0 Å². The number of allylic oxidation sites excluding steroid dienone is 10. The molecule has 6 heteroatoms. The first-order chi connectivity index (χ1) is 32.0. The van der Waals surface area contributed by atoms with Crippen molar-refractivity contribution in [3.05, 3.63) is 60.8 Å². The minimum atomic E-state index is -0.809. The summed E-state index contributed by atoms with van der Waals surface area (Å²) in [5.41, 5.74) is 0. The number of esters is 3. The van der Waals surface area contributed by atoms with E-state index in [0.717, 1.165) is 64.2 Å². The summed E-state index contributed by atoms with van der Waals surface area (Å²) in [6.45, 7) is 6.47. The molecule has 0 aliphatic rings. The van der Waals surface area contributed by atoms with E-state index in [2.05, 4.69) is 69.4 Å². The number of hydrogen-bond donors (Lipinski definition) is 0. The van der Waals surface area contributed by atoms with Crippen LogP contribution in [0.15, 0.2) is 60.8 Å². The fourth-order valence-corrected chi connectivity index (χ4v) is 7.86. The third kappa shape index (κ3) is 51.9. The Hall–Kier alpha value is -2.89. The van der Waals surface area contributed by atoms with Gasteiger partial charge in [0.05, 0.1) is 0 Å². The van der Waals surface area contributed by atoms with Gasteiger partial charge in [0.25, 0.3) is 0 Å². The van der Waals surface area contributed by atoms with Crippen molar-refractivity contribution in [3.63, 3.8) is 0 Å². The summed E-state index contributed by atoms with van der Waals surface area (Å²) in [6, 6.07) is 0. The molecule has 65 heavy (non-hydrogen) atoms. The molecule has 0 saturated carbocycles. The van der Waals surface area contributed by atoms with Crippen LogP contribution in [0.2, 0.25) is 0 Å². The van der Waals surface area contributed by atoms with E-state index in [4.69, 9.17) is 14.2 Å². The maximum atomic E-state index is 12.7. The molecule has 0 aromatic rings. The molecular weight excluding hydrogens is 805 g/mol. The van der Waals surface area contributed by atoms with Crippen LogP contribution in [-0.2, 0) is 28.6 Å². The van der Waals surface area contributed by atoms with Gasteiger partial charge in [-0.1, -0.05) is 248 Å². The Morgan fingerprint density at radius 2 is 0.631 bits per heavy atom. The van der Waals surface area contributed by atoms with E-state index in [1.54, 1.807) is 0 Å². The van der Waals surface area contributed by atoms with Gasteiger partial charge in [-0.15, -0.1) is 0 Å². The largest absolute Gasteiger partial charge is 0.462 e. The molecule has 0 aromatic heterocycles. The maximum absolute atomic E-state index is 12.7. The molecule has 0 spiro atoms. The first-order valence-corrected chi connectivity index (χ1v) is 27.8. The van der Waals surface area contributed by atoms with Crippen molar-refractivity contribution in [1.82, 2.24) is 0 Å². The lowest BCUT2D eigenvalue weighted by atomic mass is 10.0. The molecule has 0 radical (unpaired) electrons. The average molecular weight is 909 g/mol. The average Bonchev–Trinajstić information content (AvgIpc) is 3.30. The molecule has 0 aromatic carbocycles. The number of rotatable bonds is 50. The summed E-state index contributed by atoms with van der Waals surface area (Å²) < 4.78 is 16.7. The van der Waals surface area contributed by atoms with Gasteiger partial charge in [0.1, 0.15) is 13.2 Å². The molecule has 376 valence electrons. The molecule has 0 saturated heterocycles. The van der Waals surface area contributed by atoms with E-state index >= 15 is 0 Å². The summed E-state index contributed by atoms with van der Waals surface area (Å²) in [5, 5.41) is 0. The summed E-state index contributed by atoms with van der Waals surface area (Å²) in [5.74, 6) is -0.977. The second kappa shape index (κ2) is 53.7. The van der Waals surface area contributed by atoms with Gasteiger partial charge in [0, 0.05) is 19.3 Å². The first kappa shape index (κ1) is 62.1. The quantitative estimate of drug-likeness (QED) is 0.0262. The molecule has 0 bridgehead atoms. The number of unbranched alkanes of at least 4 members (excludes halogenated alkanes) is 29. The maximum Gasteiger partial charge on any atom is 0.306 e. The van der Waals surface area contributed by atoms with Gasteiger partial charge in [-0.3, -0.25) is 14.4 Å². The van der Waals surface area contributed by atoms with Crippen LogP contribution < -0.4 is 0 Å². The smallest absolute Gasteiger partial charge is 0.306 e. The van der Waals surface area contributed by atoms with E-state index in [1.165, 1.54) is 167 Å². The summed E-state index contributed by atoms with van der Waals surface area (Å²) in [4.78, 5) is 37.9. The Labute approximate surface area is 402 Å². The van der Waals surface area contributed by atoms with Crippen molar-refractivity contribution in [1.29, 1.82) is 0 Å². The van der Waals surface area contributed by atoms with Crippen LogP contribution in [0.4, 0.5) is 0 Å². The van der Waals surface area contributed by atoms with Crippen LogP contribution in [0.25, 0.3) is 0 Å². The molecule has 0 amide bonds. The molecular formula is C59H104O6. The Kier molecular flexibility index (Phi) is 51.3. The predicted molar refractivity (Wildman–Crippen MR) is 279 cm³/mol. The normalized spacial score (nSPS) is 12.5. The SMILES string of the molecule is CC/C=C\C/C=C\C/C=C\C/C=C\CCC(=O)OC(COC(=O)CCCCCCCCCCCCC)COC(=O)CCCCCCCCCCCCC/C=C\CCCCCCCCCC. The topological polar surface area (TPSA) is 78.9 Å². The van der Waals surface area contributed by atoms with Crippen molar-refractivity contribution in [2.45, 2.75) is 284 Å². The van der Waals surface area contributed by atoms with Crippen LogP contribution in [0.3, 0.4) is 0 Å².